The number of benzene rings is 1. The number of nitrogens with zero attached hydrogens (tertiary/aromatic N) is 2. The van der Waals surface area contributed by atoms with Gasteiger partial charge in [-0.2, -0.15) is 0 Å². The van der Waals surface area contributed by atoms with Gasteiger partial charge in [0, 0.05) is 23.5 Å². The monoisotopic (exact) mass is 278 g/mol. The van der Waals surface area contributed by atoms with E-state index in [1.165, 1.54) is 11.8 Å². The summed E-state index contributed by atoms with van der Waals surface area (Å²) in [6.45, 7) is 3.40. The van der Waals surface area contributed by atoms with Gasteiger partial charge in [0.2, 0.25) is 5.91 Å². The fourth-order valence-electron chi connectivity index (χ4n) is 2.03. The second-order valence-electron chi connectivity index (χ2n) is 4.90. The maximum atomic E-state index is 12.3. The summed E-state index contributed by atoms with van der Waals surface area (Å²) in [7, 11) is 3.98. The standard InChI is InChI=1S/C14H18N2O2S/c1-10-14(18)16(7-6-15(2)3)12-5-4-11(9-17)8-13(12)19-10/h4-5,8-10H,6-7H2,1-3H3. The molecule has 1 amide bonds. The highest BCUT2D eigenvalue weighted by atomic mass is 32.2. The first kappa shape index (κ1) is 14.1. The van der Waals surface area contributed by atoms with Crippen LogP contribution in [0.4, 0.5) is 5.69 Å². The van der Waals surface area contributed by atoms with E-state index in [9.17, 15) is 9.59 Å². The van der Waals surface area contributed by atoms with Crippen LogP contribution in [0.3, 0.4) is 0 Å². The predicted octanol–water partition coefficient (Wildman–Crippen LogP) is 1.89. The Kier molecular flexibility index (Phi) is 4.27. The molecular formula is C14H18N2O2S. The summed E-state index contributed by atoms with van der Waals surface area (Å²) in [5.74, 6) is 0.137. The number of carbonyl (C=O) groups is 2. The Bertz CT molecular complexity index is 502. The van der Waals surface area contributed by atoms with Crippen LogP contribution in [0.1, 0.15) is 17.3 Å². The van der Waals surface area contributed by atoms with Crippen molar-refractivity contribution in [2.45, 2.75) is 17.1 Å². The van der Waals surface area contributed by atoms with Crippen molar-refractivity contribution in [2.24, 2.45) is 0 Å². The third-order valence-corrected chi connectivity index (χ3v) is 4.24. The molecule has 0 saturated heterocycles. The van der Waals surface area contributed by atoms with Gasteiger partial charge in [-0.15, -0.1) is 11.8 Å². The van der Waals surface area contributed by atoms with E-state index in [0.717, 1.165) is 23.4 Å². The van der Waals surface area contributed by atoms with Gasteiger partial charge in [0.1, 0.15) is 6.29 Å². The summed E-state index contributed by atoms with van der Waals surface area (Å²) in [5.41, 5.74) is 1.57. The Morgan fingerprint density at radius 2 is 2.16 bits per heavy atom. The number of anilines is 1. The molecule has 0 saturated carbocycles. The van der Waals surface area contributed by atoms with E-state index in [2.05, 4.69) is 4.90 Å². The van der Waals surface area contributed by atoms with Gasteiger partial charge in [0.05, 0.1) is 10.9 Å². The molecule has 0 aliphatic carbocycles. The summed E-state index contributed by atoms with van der Waals surface area (Å²) in [5, 5.41) is -0.100. The van der Waals surface area contributed by atoms with Gasteiger partial charge in [-0.1, -0.05) is 0 Å². The van der Waals surface area contributed by atoms with Crippen molar-refractivity contribution in [3.05, 3.63) is 23.8 Å². The largest absolute Gasteiger partial charge is 0.309 e. The van der Waals surface area contributed by atoms with E-state index in [0.29, 0.717) is 12.1 Å². The molecule has 4 nitrogen and oxygen atoms in total. The minimum absolute atomic E-state index is 0.100. The molecule has 1 heterocycles. The third kappa shape index (κ3) is 2.98. The first-order chi connectivity index (χ1) is 9.02. The number of likely N-dealkylation sites (N-methyl/N-ethyl adjacent to an activating group) is 1. The summed E-state index contributed by atoms with van der Waals surface area (Å²) in [6, 6.07) is 5.49. The summed E-state index contributed by atoms with van der Waals surface area (Å²) in [4.78, 5) is 28.0. The highest BCUT2D eigenvalue weighted by Crippen LogP contribution is 2.39. The van der Waals surface area contributed by atoms with E-state index in [1.54, 1.807) is 6.07 Å². The van der Waals surface area contributed by atoms with Crippen LogP contribution in [0.25, 0.3) is 0 Å². The number of thioether (sulfide) groups is 1. The highest BCUT2D eigenvalue weighted by molar-refractivity contribution is 8.01. The Morgan fingerprint density at radius 1 is 1.42 bits per heavy atom. The van der Waals surface area contributed by atoms with E-state index in [4.69, 9.17) is 0 Å². The Hall–Kier alpha value is -1.33. The van der Waals surface area contributed by atoms with E-state index < -0.39 is 0 Å². The molecular weight excluding hydrogens is 260 g/mol. The minimum atomic E-state index is -0.100. The molecule has 1 aliphatic heterocycles. The number of amides is 1. The smallest absolute Gasteiger partial charge is 0.240 e. The van der Waals surface area contributed by atoms with Crippen molar-refractivity contribution in [2.75, 3.05) is 32.1 Å². The van der Waals surface area contributed by atoms with Gasteiger partial charge in [0.25, 0.3) is 0 Å². The molecule has 2 rings (SSSR count). The number of rotatable bonds is 4. The lowest BCUT2D eigenvalue weighted by Crippen LogP contribution is -2.43. The molecule has 0 bridgehead atoms. The second-order valence-corrected chi connectivity index (χ2v) is 6.28. The predicted molar refractivity (Wildman–Crippen MR) is 78.1 cm³/mol. The zero-order valence-corrected chi connectivity index (χ0v) is 12.2. The van der Waals surface area contributed by atoms with Gasteiger partial charge in [0.15, 0.2) is 0 Å². The third-order valence-electron chi connectivity index (χ3n) is 3.10. The Morgan fingerprint density at radius 3 is 2.79 bits per heavy atom. The molecule has 1 aromatic carbocycles. The van der Waals surface area contributed by atoms with Crippen LogP contribution in [0, 0.1) is 0 Å². The molecule has 1 atom stereocenters. The maximum absolute atomic E-state index is 12.3. The van der Waals surface area contributed by atoms with Crippen molar-refractivity contribution < 1.29 is 9.59 Å². The molecule has 0 fully saturated rings. The maximum Gasteiger partial charge on any atom is 0.240 e. The zero-order chi connectivity index (χ0) is 14.0. The molecule has 0 radical (unpaired) electrons. The van der Waals surface area contributed by atoms with Crippen LogP contribution >= 0.6 is 11.8 Å². The lowest BCUT2D eigenvalue weighted by Gasteiger charge is -2.33. The molecule has 1 unspecified atom stereocenters. The number of hydrogen-bond donors (Lipinski definition) is 0. The quantitative estimate of drug-likeness (QED) is 0.789. The topological polar surface area (TPSA) is 40.6 Å². The van der Waals surface area contributed by atoms with Gasteiger partial charge in [-0.3, -0.25) is 9.59 Å². The van der Waals surface area contributed by atoms with Gasteiger partial charge in [-0.25, -0.2) is 0 Å². The van der Waals surface area contributed by atoms with Gasteiger partial charge >= 0.3 is 0 Å². The fourth-order valence-corrected chi connectivity index (χ4v) is 3.14. The molecule has 5 heteroatoms. The number of aldehydes is 1. The van der Waals surface area contributed by atoms with Crippen LogP contribution in [0.15, 0.2) is 23.1 Å². The molecule has 0 aromatic heterocycles. The SMILES string of the molecule is CC1Sc2cc(C=O)ccc2N(CCN(C)C)C1=O. The summed E-state index contributed by atoms with van der Waals surface area (Å²) in [6.07, 6.45) is 0.839. The molecule has 1 aromatic rings. The molecule has 0 spiro atoms. The second kappa shape index (κ2) is 5.75. The normalized spacial score (nSPS) is 18.6. The molecule has 19 heavy (non-hydrogen) atoms. The van der Waals surface area contributed by atoms with E-state index in [-0.39, 0.29) is 11.2 Å². The van der Waals surface area contributed by atoms with Crippen LogP contribution < -0.4 is 4.90 Å². The molecule has 1 aliphatic rings. The number of hydrogen-bond acceptors (Lipinski definition) is 4. The Balaban J connectivity index is 2.33. The lowest BCUT2D eigenvalue weighted by atomic mass is 10.2. The van der Waals surface area contributed by atoms with E-state index >= 15 is 0 Å². The zero-order valence-electron chi connectivity index (χ0n) is 11.4. The summed E-state index contributed by atoms with van der Waals surface area (Å²) < 4.78 is 0. The van der Waals surface area contributed by atoms with Crippen molar-refractivity contribution in [1.82, 2.24) is 4.90 Å². The van der Waals surface area contributed by atoms with Crippen LogP contribution in [0.2, 0.25) is 0 Å². The van der Waals surface area contributed by atoms with Crippen molar-refractivity contribution in [3.63, 3.8) is 0 Å². The molecule has 0 N–H and O–H groups in total. The van der Waals surface area contributed by atoms with Gasteiger partial charge < -0.3 is 9.80 Å². The first-order valence-electron chi connectivity index (χ1n) is 6.25. The van der Waals surface area contributed by atoms with Crippen LogP contribution in [-0.4, -0.2) is 49.5 Å². The van der Waals surface area contributed by atoms with Crippen molar-refractivity contribution >= 4 is 29.6 Å². The average molecular weight is 278 g/mol. The highest BCUT2D eigenvalue weighted by Gasteiger charge is 2.30. The fraction of sp³-hybridized carbons (Fsp3) is 0.429. The summed E-state index contributed by atoms with van der Waals surface area (Å²) >= 11 is 1.52. The van der Waals surface area contributed by atoms with Crippen LogP contribution in [-0.2, 0) is 4.79 Å². The van der Waals surface area contributed by atoms with Crippen LogP contribution in [0.5, 0.6) is 0 Å². The van der Waals surface area contributed by atoms with Crippen molar-refractivity contribution in [1.29, 1.82) is 0 Å². The lowest BCUT2D eigenvalue weighted by molar-refractivity contribution is -0.118. The Labute approximate surface area is 117 Å². The van der Waals surface area contributed by atoms with Gasteiger partial charge in [-0.05, 0) is 39.2 Å². The molecule has 102 valence electrons. The average Bonchev–Trinajstić information content (AvgIpc) is 2.38. The minimum Gasteiger partial charge on any atom is -0.309 e. The first-order valence-corrected chi connectivity index (χ1v) is 7.13. The van der Waals surface area contributed by atoms with Crippen molar-refractivity contribution in [3.8, 4) is 0 Å². The number of fused-ring (bicyclic) bond motifs is 1. The number of carbonyl (C=O) groups excluding carboxylic acids is 2. The van der Waals surface area contributed by atoms with E-state index in [1.807, 2.05) is 38.1 Å².